The average Bonchev–Trinajstić information content (AvgIpc) is 2.62. The number of thiophene rings is 1. The zero-order valence-corrected chi connectivity index (χ0v) is 10.4. The van der Waals surface area contributed by atoms with E-state index in [1.807, 2.05) is 12.1 Å². The molecule has 0 aliphatic carbocycles. The van der Waals surface area contributed by atoms with Gasteiger partial charge in [0, 0.05) is 17.0 Å². The highest BCUT2D eigenvalue weighted by Gasteiger charge is 2.15. The molecule has 0 atom stereocenters. The standard InChI is InChI=1S/C12H18N2S/c1-4-7-12(2,3)14-9-11-6-5-10(8-13)15-11/h5-6,14H,4,7,9H2,1-3H3. The summed E-state index contributed by atoms with van der Waals surface area (Å²) in [5.41, 5.74) is 0.186. The first-order valence-electron chi connectivity index (χ1n) is 5.31. The number of hydrogen-bond donors (Lipinski definition) is 1. The summed E-state index contributed by atoms with van der Waals surface area (Å²) in [4.78, 5) is 2.02. The van der Waals surface area contributed by atoms with Crippen LogP contribution in [0.4, 0.5) is 0 Å². The number of hydrogen-bond acceptors (Lipinski definition) is 3. The summed E-state index contributed by atoms with van der Waals surface area (Å²) in [6.45, 7) is 7.49. The van der Waals surface area contributed by atoms with Crippen molar-refractivity contribution in [2.45, 2.75) is 45.7 Å². The topological polar surface area (TPSA) is 35.8 Å². The van der Waals surface area contributed by atoms with Crippen molar-refractivity contribution in [2.24, 2.45) is 0 Å². The van der Waals surface area contributed by atoms with E-state index in [4.69, 9.17) is 5.26 Å². The van der Waals surface area contributed by atoms with E-state index >= 15 is 0 Å². The minimum Gasteiger partial charge on any atom is -0.307 e. The van der Waals surface area contributed by atoms with E-state index in [9.17, 15) is 0 Å². The molecule has 0 saturated heterocycles. The van der Waals surface area contributed by atoms with Crippen LogP contribution in [-0.2, 0) is 6.54 Å². The van der Waals surface area contributed by atoms with Crippen LogP contribution in [0.15, 0.2) is 12.1 Å². The quantitative estimate of drug-likeness (QED) is 0.829. The molecular formula is C12H18N2S. The average molecular weight is 222 g/mol. The summed E-state index contributed by atoms with van der Waals surface area (Å²) in [6.07, 6.45) is 2.36. The molecule has 0 radical (unpaired) electrons. The van der Waals surface area contributed by atoms with Gasteiger partial charge in [0.05, 0.1) is 0 Å². The molecule has 0 aliphatic rings. The first-order valence-corrected chi connectivity index (χ1v) is 6.13. The van der Waals surface area contributed by atoms with Crippen LogP contribution in [0.3, 0.4) is 0 Å². The molecule has 0 aliphatic heterocycles. The van der Waals surface area contributed by atoms with Gasteiger partial charge in [0.2, 0.25) is 0 Å². The largest absolute Gasteiger partial charge is 0.307 e. The Morgan fingerprint density at radius 3 is 2.73 bits per heavy atom. The lowest BCUT2D eigenvalue weighted by Gasteiger charge is -2.25. The molecule has 15 heavy (non-hydrogen) atoms. The Labute approximate surface area is 95.9 Å². The van der Waals surface area contributed by atoms with Gasteiger partial charge >= 0.3 is 0 Å². The molecule has 82 valence electrons. The molecule has 3 heteroatoms. The molecule has 0 unspecified atom stereocenters. The molecule has 1 aromatic rings. The van der Waals surface area contributed by atoms with E-state index in [1.165, 1.54) is 17.7 Å². The number of nitriles is 1. The van der Waals surface area contributed by atoms with Crippen LogP contribution in [0.5, 0.6) is 0 Å². The molecule has 0 aromatic carbocycles. The number of rotatable bonds is 5. The van der Waals surface area contributed by atoms with Gasteiger partial charge in [-0.15, -0.1) is 11.3 Å². The Bertz CT molecular complexity index is 347. The van der Waals surface area contributed by atoms with Gasteiger partial charge < -0.3 is 5.32 Å². The van der Waals surface area contributed by atoms with E-state index in [0.29, 0.717) is 0 Å². The highest BCUT2D eigenvalue weighted by Crippen LogP contribution is 2.17. The Morgan fingerprint density at radius 1 is 1.47 bits per heavy atom. The Kier molecular flexibility index (Phi) is 4.31. The van der Waals surface area contributed by atoms with Gasteiger partial charge in [0.25, 0.3) is 0 Å². The fourth-order valence-corrected chi connectivity index (χ4v) is 2.32. The monoisotopic (exact) mass is 222 g/mol. The van der Waals surface area contributed by atoms with E-state index in [-0.39, 0.29) is 5.54 Å². The first kappa shape index (κ1) is 12.2. The molecule has 2 nitrogen and oxygen atoms in total. The number of nitrogens with zero attached hydrogens (tertiary/aromatic N) is 1. The maximum absolute atomic E-state index is 8.70. The van der Waals surface area contributed by atoms with Crippen LogP contribution in [0.25, 0.3) is 0 Å². The lowest BCUT2D eigenvalue weighted by Crippen LogP contribution is -2.38. The van der Waals surface area contributed by atoms with Crippen molar-refractivity contribution in [3.63, 3.8) is 0 Å². The van der Waals surface area contributed by atoms with Crippen LogP contribution in [0, 0.1) is 11.3 Å². The second kappa shape index (κ2) is 5.29. The molecular weight excluding hydrogens is 204 g/mol. The van der Waals surface area contributed by atoms with Gasteiger partial charge in [0.1, 0.15) is 10.9 Å². The normalized spacial score (nSPS) is 11.3. The molecule has 0 saturated carbocycles. The SMILES string of the molecule is CCCC(C)(C)NCc1ccc(C#N)s1. The van der Waals surface area contributed by atoms with Crippen LogP contribution in [-0.4, -0.2) is 5.54 Å². The minimum atomic E-state index is 0.186. The van der Waals surface area contributed by atoms with Crippen molar-refractivity contribution in [2.75, 3.05) is 0 Å². The van der Waals surface area contributed by atoms with Crippen molar-refractivity contribution < 1.29 is 0 Å². The van der Waals surface area contributed by atoms with Gasteiger partial charge in [0.15, 0.2) is 0 Å². The van der Waals surface area contributed by atoms with E-state index < -0.39 is 0 Å². The Morgan fingerprint density at radius 2 is 2.20 bits per heavy atom. The highest BCUT2D eigenvalue weighted by atomic mass is 32.1. The maximum Gasteiger partial charge on any atom is 0.110 e. The third-order valence-corrected chi connectivity index (χ3v) is 3.38. The highest BCUT2D eigenvalue weighted by molar-refractivity contribution is 7.12. The smallest absolute Gasteiger partial charge is 0.110 e. The van der Waals surface area contributed by atoms with Crippen LogP contribution in [0.1, 0.15) is 43.4 Å². The van der Waals surface area contributed by atoms with Gasteiger partial charge in [-0.1, -0.05) is 13.3 Å². The summed E-state index contributed by atoms with van der Waals surface area (Å²) < 4.78 is 0. The van der Waals surface area contributed by atoms with Crippen LogP contribution < -0.4 is 5.32 Å². The molecule has 0 spiro atoms. The second-order valence-electron chi connectivity index (χ2n) is 4.37. The first-order chi connectivity index (χ1) is 7.07. The maximum atomic E-state index is 8.70. The third-order valence-electron chi connectivity index (χ3n) is 2.39. The zero-order valence-electron chi connectivity index (χ0n) is 9.63. The van der Waals surface area contributed by atoms with E-state index in [1.54, 1.807) is 11.3 Å². The van der Waals surface area contributed by atoms with Crippen LogP contribution >= 0.6 is 11.3 Å². The van der Waals surface area contributed by atoms with Gasteiger partial charge in [-0.3, -0.25) is 0 Å². The predicted molar refractivity (Wildman–Crippen MR) is 64.9 cm³/mol. The molecule has 1 N–H and O–H groups in total. The van der Waals surface area contributed by atoms with Crippen LogP contribution in [0.2, 0.25) is 0 Å². The van der Waals surface area contributed by atoms with E-state index in [2.05, 4.69) is 32.2 Å². The van der Waals surface area contributed by atoms with E-state index in [0.717, 1.165) is 11.4 Å². The lowest BCUT2D eigenvalue weighted by molar-refractivity contribution is 0.358. The van der Waals surface area contributed by atoms with Crippen molar-refractivity contribution >= 4 is 11.3 Å². The molecule has 0 fully saturated rings. The Balaban J connectivity index is 2.46. The lowest BCUT2D eigenvalue weighted by atomic mass is 9.99. The third kappa shape index (κ3) is 4.03. The Hall–Kier alpha value is -0.850. The fourth-order valence-electron chi connectivity index (χ4n) is 1.57. The second-order valence-corrected chi connectivity index (χ2v) is 5.53. The molecule has 1 rings (SSSR count). The molecule has 1 aromatic heterocycles. The zero-order chi connectivity index (χ0) is 11.3. The van der Waals surface area contributed by atoms with Gasteiger partial charge in [-0.2, -0.15) is 5.26 Å². The summed E-state index contributed by atoms with van der Waals surface area (Å²) in [7, 11) is 0. The molecule has 0 bridgehead atoms. The van der Waals surface area contributed by atoms with Gasteiger partial charge in [-0.05, 0) is 32.4 Å². The van der Waals surface area contributed by atoms with Gasteiger partial charge in [-0.25, -0.2) is 0 Å². The van der Waals surface area contributed by atoms with Crippen molar-refractivity contribution in [3.8, 4) is 6.07 Å². The number of nitrogens with one attached hydrogen (secondary N) is 1. The summed E-state index contributed by atoms with van der Waals surface area (Å²) >= 11 is 1.57. The summed E-state index contributed by atoms with van der Waals surface area (Å²) in [6, 6.07) is 6.07. The van der Waals surface area contributed by atoms with Crippen molar-refractivity contribution in [1.82, 2.24) is 5.32 Å². The fraction of sp³-hybridized carbons (Fsp3) is 0.583. The summed E-state index contributed by atoms with van der Waals surface area (Å²) in [5, 5.41) is 12.2. The van der Waals surface area contributed by atoms with Crippen molar-refractivity contribution in [1.29, 1.82) is 5.26 Å². The minimum absolute atomic E-state index is 0.186. The van der Waals surface area contributed by atoms with Crippen molar-refractivity contribution in [3.05, 3.63) is 21.9 Å². The predicted octanol–water partition coefficient (Wildman–Crippen LogP) is 3.29. The molecule has 1 heterocycles. The summed E-state index contributed by atoms with van der Waals surface area (Å²) in [5.74, 6) is 0. The molecule has 0 amide bonds.